The zero-order valence-corrected chi connectivity index (χ0v) is 15.7. The van der Waals surface area contributed by atoms with E-state index in [1.165, 1.54) is 11.8 Å². The van der Waals surface area contributed by atoms with Crippen LogP contribution in [0.4, 0.5) is 0 Å². The van der Waals surface area contributed by atoms with E-state index in [0.717, 1.165) is 22.8 Å². The molecule has 3 heterocycles. The van der Waals surface area contributed by atoms with Crippen LogP contribution in [0, 0.1) is 13.8 Å². The number of rotatable bonds is 6. The van der Waals surface area contributed by atoms with Gasteiger partial charge in [-0.3, -0.25) is 0 Å². The second-order valence-corrected chi connectivity index (χ2v) is 6.60. The lowest BCUT2D eigenvalue weighted by Crippen LogP contribution is -2.01. The summed E-state index contributed by atoms with van der Waals surface area (Å²) in [4.78, 5) is 0. The molecule has 138 valence electrons. The van der Waals surface area contributed by atoms with Crippen molar-refractivity contribution in [3.05, 3.63) is 47.7 Å². The van der Waals surface area contributed by atoms with Gasteiger partial charge in [0.15, 0.2) is 0 Å². The normalized spacial score (nSPS) is 11.1. The highest BCUT2D eigenvalue weighted by Crippen LogP contribution is 2.29. The molecule has 0 amide bonds. The van der Waals surface area contributed by atoms with E-state index in [1.807, 2.05) is 44.2 Å². The summed E-state index contributed by atoms with van der Waals surface area (Å²) in [6.45, 7) is 3.74. The minimum atomic E-state index is 0.429. The van der Waals surface area contributed by atoms with Gasteiger partial charge in [0.25, 0.3) is 5.89 Å². The van der Waals surface area contributed by atoms with Crippen LogP contribution in [0.5, 0.6) is 5.75 Å². The van der Waals surface area contributed by atoms with E-state index in [4.69, 9.17) is 13.6 Å². The van der Waals surface area contributed by atoms with Gasteiger partial charge in [-0.25, -0.2) is 0 Å². The van der Waals surface area contributed by atoms with Crippen LogP contribution in [0.2, 0.25) is 0 Å². The van der Waals surface area contributed by atoms with E-state index < -0.39 is 0 Å². The first kappa shape index (κ1) is 17.3. The van der Waals surface area contributed by atoms with Gasteiger partial charge in [-0.1, -0.05) is 23.9 Å². The summed E-state index contributed by atoms with van der Waals surface area (Å²) in [5.41, 5.74) is 1.55. The number of tetrazole rings is 1. The molecule has 4 aromatic rings. The summed E-state index contributed by atoms with van der Waals surface area (Å²) in [6, 6.07) is 9.40. The molecule has 0 atom stereocenters. The molecule has 0 saturated heterocycles. The van der Waals surface area contributed by atoms with Gasteiger partial charge in [-0.15, -0.1) is 15.3 Å². The maximum atomic E-state index is 5.75. The Morgan fingerprint density at radius 1 is 1.11 bits per heavy atom. The smallest absolute Gasteiger partial charge is 0.251 e. The molecule has 9 nitrogen and oxygen atoms in total. The maximum Gasteiger partial charge on any atom is 0.251 e. The van der Waals surface area contributed by atoms with Crippen LogP contribution in [-0.2, 0) is 5.75 Å². The molecule has 0 aliphatic heterocycles. The molecule has 27 heavy (non-hydrogen) atoms. The number of furan rings is 1. The van der Waals surface area contributed by atoms with Crippen LogP contribution in [-0.4, -0.2) is 37.5 Å². The molecule has 0 aliphatic rings. The number of thioether (sulfide) groups is 1. The van der Waals surface area contributed by atoms with Crippen molar-refractivity contribution in [2.75, 3.05) is 7.11 Å². The summed E-state index contributed by atoms with van der Waals surface area (Å²) in [5.74, 6) is 3.56. The Morgan fingerprint density at radius 3 is 2.74 bits per heavy atom. The Morgan fingerprint density at radius 2 is 1.96 bits per heavy atom. The van der Waals surface area contributed by atoms with E-state index in [0.29, 0.717) is 28.4 Å². The number of ether oxygens (including phenoxy) is 1. The summed E-state index contributed by atoms with van der Waals surface area (Å²) in [5, 5.41) is 20.7. The van der Waals surface area contributed by atoms with Crippen LogP contribution in [0.15, 0.2) is 44.3 Å². The Bertz CT molecular complexity index is 1070. The highest BCUT2D eigenvalue weighted by molar-refractivity contribution is 7.98. The SMILES string of the molecule is COc1ccccc1-n1nnnc1SCc1nnc(-c2cc(C)oc2C)o1. The summed E-state index contributed by atoms with van der Waals surface area (Å²) < 4.78 is 18.2. The summed E-state index contributed by atoms with van der Waals surface area (Å²) in [6.07, 6.45) is 0. The topological polar surface area (TPSA) is 105 Å². The molecule has 3 aromatic heterocycles. The first-order valence-corrected chi connectivity index (χ1v) is 9.08. The molecule has 0 radical (unpaired) electrons. The fourth-order valence-electron chi connectivity index (χ4n) is 2.62. The number of benzene rings is 1. The highest BCUT2D eigenvalue weighted by Gasteiger charge is 2.17. The third kappa shape index (κ3) is 3.43. The second-order valence-electron chi connectivity index (χ2n) is 5.66. The molecular weight excluding hydrogens is 368 g/mol. The molecule has 0 bridgehead atoms. The van der Waals surface area contributed by atoms with Gasteiger partial charge in [-0.05, 0) is 42.5 Å². The molecule has 1 aromatic carbocycles. The van der Waals surface area contributed by atoms with Gasteiger partial charge in [0.1, 0.15) is 23.0 Å². The lowest BCUT2D eigenvalue weighted by molar-refractivity contribution is 0.410. The van der Waals surface area contributed by atoms with E-state index in [-0.39, 0.29) is 0 Å². The number of hydrogen-bond donors (Lipinski definition) is 0. The molecule has 0 fully saturated rings. The Hall–Kier alpha value is -3.14. The molecule has 0 unspecified atom stereocenters. The van der Waals surface area contributed by atoms with Crippen molar-refractivity contribution in [3.8, 4) is 22.9 Å². The number of methoxy groups -OCH3 is 1. The van der Waals surface area contributed by atoms with Crippen LogP contribution in [0.25, 0.3) is 17.1 Å². The Labute approximate surface area is 158 Å². The monoisotopic (exact) mass is 384 g/mol. The van der Waals surface area contributed by atoms with Gasteiger partial charge in [0, 0.05) is 0 Å². The predicted octanol–water partition coefficient (Wildman–Crippen LogP) is 3.22. The Kier molecular flexibility index (Phi) is 4.63. The minimum absolute atomic E-state index is 0.429. The van der Waals surface area contributed by atoms with Gasteiger partial charge in [0.05, 0.1) is 18.4 Å². The average Bonchev–Trinajstić information content (AvgIpc) is 3.39. The first-order chi connectivity index (χ1) is 13.2. The molecule has 10 heteroatoms. The number of hydrogen-bond acceptors (Lipinski definition) is 9. The minimum Gasteiger partial charge on any atom is -0.494 e. The fourth-order valence-corrected chi connectivity index (χ4v) is 3.34. The van der Waals surface area contributed by atoms with Gasteiger partial charge < -0.3 is 13.6 Å². The quantitative estimate of drug-likeness (QED) is 0.463. The average molecular weight is 384 g/mol. The van der Waals surface area contributed by atoms with Gasteiger partial charge in [-0.2, -0.15) is 4.68 Å². The van der Waals surface area contributed by atoms with Crippen LogP contribution < -0.4 is 4.74 Å². The van der Waals surface area contributed by atoms with E-state index in [9.17, 15) is 0 Å². The van der Waals surface area contributed by atoms with Crippen LogP contribution in [0.1, 0.15) is 17.4 Å². The lowest BCUT2D eigenvalue weighted by atomic mass is 10.2. The van der Waals surface area contributed by atoms with E-state index in [1.54, 1.807) is 11.8 Å². The van der Waals surface area contributed by atoms with Crippen molar-refractivity contribution in [1.29, 1.82) is 0 Å². The molecular formula is C17H16N6O3S. The predicted molar refractivity (Wildman–Crippen MR) is 96.7 cm³/mol. The second kappa shape index (κ2) is 7.23. The number of para-hydroxylation sites is 2. The highest BCUT2D eigenvalue weighted by atomic mass is 32.2. The number of aromatic nitrogens is 6. The standard InChI is InChI=1S/C17H16N6O3S/c1-10-8-12(11(2)25-10)16-19-18-15(26-16)9-27-17-20-21-22-23(17)13-6-4-5-7-14(13)24-3/h4-8H,9H2,1-3H3. The van der Waals surface area contributed by atoms with Gasteiger partial charge >= 0.3 is 0 Å². The van der Waals surface area contributed by atoms with Crippen molar-refractivity contribution < 1.29 is 13.6 Å². The Balaban J connectivity index is 1.52. The zero-order valence-electron chi connectivity index (χ0n) is 14.9. The van der Waals surface area contributed by atoms with E-state index >= 15 is 0 Å². The third-order valence-electron chi connectivity index (χ3n) is 3.82. The molecule has 0 N–H and O–H groups in total. The number of aryl methyl sites for hydroxylation is 2. The summed E-state index contributed by atoms with van der Waals surface area (Å²) >= 11 is 1.39. The van der Waals surface area contributed by atoms with Crippen molar-refractivity contribution in [3.63, 3.8) is 0 Å². The molecule has 0 saturated carbocycles. The van der Waals surface area contributed by atoms with Crippen molar-refractivity contribution in [2.24, 2.45) is 0 Å². The van der Waals surface area contributed by atoms with Crippen LogP contribution in [0.3, 0.4) is 0 Å². The maximum absolute atomic E-state index is 5.75. The third-order valence-corrected chi connectivity index (χ3v) is 4.72. The van der Waals surface area contributed by atoms with Crippen molar-refractivity contribution in [1.82, 2.24) is 30.4 Å². The number of nitrogens with zero attached hydrogens (tertiary/aromatic N) is 6. The molecule has 0 aliphatic carbocycles. The van der Waals surface area contributed by atoms with Crippen LogP contribution >= 0.6 is 11.8 Å². The van der Waals surface area contributed by atoms with E-state index in [2.05, 4.69) is 25.7 Å². The fraction of sp³-hybridized carbons (Fsp3) is 0.235. The summed E-state index contributed by atoms with van der Waals surface area (Å²) in [7, 11) is 1.61. The zero-order chi connectivity index (χ0) is 18.8. The first-order valence-electron chi connectivity index (χ1n) is 8.10. The largest absolute Gasteiger partial charge is 0.494 e. The lowest BCUT2D eigenvalue weighted by Gasteiger charge is -2.08. The van der Waals surface area contributed by atoms with Gasteiger partial charge in [0.2, 0.25) is 11.0 Å². The molecule has 0 spiro atoms. The van der Waals surface area contributed by atoms with Crippen molar-refractivity contribution >= 4 is 11.8 Å². The van der Waals surface area contributed by atoms with Crippen molar-refractivity contribution in [2.45, 2.75) is 24.8 Å². The molecule has 4 rings (SSSR count).